The van der Waals surface area contributed by atoms with Crippen LogP contribution in [0.15, 0.2) is 6.07 Å². The van der Waals surface area contributed by atoms with Crippen molar-refractivity contribution in [3.05, 3.63) is 29.1 Å². The first kappa shape index (κ1) is 15.2. The number of nitrogens with zero attached hydrogens (tertiary/aromatic N) is 6. The van der Waals surface area contributed by atoms with Crippen molar-refractivity contribution in [2.75, 3.05) is 6.54 Å². The van der Waals surface area contributed by atoms with Gasteiger partial charge >= 0.3 is 6.55 Å². The molecular weight excluding hydrogens is 318 g/mol. The molecule has 1 saturated carbocycles. The zero-order chi connectivity index (χ0) is 17.0. The fraction of sp³-hybridized carbons (Fsp3) is 0.600. The van der Waals surface area contributed by atoms with Gasteiger partial charge in [-0.25, -0.2) is 4.68 Å². The number of alkyl halides is 2. The summed E-state index contributed by atoms with van der Waals surface area (Å²) in [5, 5.41) is 12.2. The number of hydrogen-bond acceptors (Lipinski definition) is 4. The minimum Gasteiger partial charge on any atom is -0.328 e. The number of halogens is 2. The molecule has 2 aliphatic rings. The Kier molecular flexibility index (Phi) is 3.40. The van der Waals surface area contributed by atoms with Crippen molar-refractivity contribution < 1.29 is 13.6 Å². The molecule has 0 unspecified atom stereocenters. The molecule has 0 saturated heterocycles. The van der Waals surface area contributed by atoms with E-state index in [2.05, 4.69) is 19.9 Å². The third-order valence-electron chi connectivity index (χ3n) is 4.61. The monoisotopic (exact) mass is 336 g/mol. The van der Waals surface area contributed by atoms with Gasteiger partial charge in [-0.05, 0) is 32.8 Å². The van der Waals surface area contributed by atoms with Crippen molar-refractivity contribution >= 4 is 5.91 Å². The van der Waals surface area contributed by atoms with E-state index in [1.165, 1.54) is 13.0 Å². The lowest BCUT2D eigenvalue weighted by Crippen LogP contribution is -2.41. The molecule has 128 valence electrons. The van der Waals surface area contributed by atoms with Gasteiger partial charge in [-0.3, -0.25) is 4.79 Å². The highest BCUT2D eigenvalue weighted by molar-refractivity contribution is 5.92. The lowest BCUT2D eigenvalue weighted by Gasteiger charge is -2.32. The number of carbonyl (C=O) groups excluding carboxylic acids is 1. The minimum absolute atomic E-state index is 0.0374. The first-order valence-corrected chi connectivity index (χ1v) is 8.03. The smallest absolute Gasteiger partial charge is 0.328 e. The number of fused-ring (bicyclic) bond motifs is 1. The molecule has 2 aromatic rings. The molecule has 0 aromatic carbocycles. The first-order chi connectivity index (χ1) is 11.5. The molecule has 3 heterocycles. The van der Waals surface area contributed by atoms with Gasteiger partial charge in [0.1, 0.15) is 5.82 Å². The van der Waals surface area contributed by atoms with Crippen LogP contribution in [-0.4, -0.2) is 41.9 Å². The van der Waals surface area contributed by atoms with Crippen molar-refractivity contribution in [1.29, 1.82) is 0 Å². The Morgan fingerprint density at radius 2 is 2.08 bits per heavy atom. The Bertz CT molecular complexity index is 794. The number of rotatable bonds is 3. The number of amides is 1. The Morgan fingerprint density at radius 1 is 1.33 bits per heavy atom. The van der Waals surface area contributed by atoms with E-state index in [0.717, 1.165) is 24.5 Å². The van der Waals surface area contributed by atoms with Gasteiger partial charge in [0.2, 0.25) is 0 Å². The normalized spacial score (nSPS) is 20.5. The van der Waals surface area contributed by atoms with E-state index in [-0.39, 0.29) is 23.3 Å². The summed E-state index contributed by atoms with van der Waals surface area (Å²) < 4.78 is 28.4. The fourth-order valence-electron chi connectivity index (χ4n) is 3.29. The third kappa shape index (κ3) is 2.38. The zero-order valence-corrected chi connectivity index (χ0v) is 13.5. The standard InChI is InChI=1S/C15H18F2N6O/c1-8-5-11(20-23(8)15(16)17)14(24)21-6-9(2)22-12(7-21)18-19-13(22)10-3-4-10/h5,9-10,15H,3-4,6-7H2,1-2H3/t9-/m0/s1. The molecule has 0 N–H and O–H groups in total. The summed E-state index contributed by atoms with van der Waals surface area (Å²) >= 11 is 0. The zero-order valence-electron chi connectivity index (χ0n) is 13.5. The third-order valence-corrected chi connectivity index (χ3v) is 4.61. The molecule has 4 rings (SSSR count). The van der Waals surface area contributed by atoms with Gasteiger partial charge in [0.05, 0.1) is 12.6 Å². The van der Waals surface area contributed by atoms with Gasteiger partial charge in [0.15, 0.2) is 11.5 Å². The highest BCUT2D eigenvalue weighted by Crippen LogP contribution is 2.41. The Hall–Kier alpha value is -2.32. The van der Waals surface area contributed by atoms with Gasteiger partial charge in [0, 0.05) is 18.2 Å². The predicted octanol–water partition coefficient (Wildman–Crippen LogP) is 2.27. The summed E-state index contributed by atoms with van der Waals surface area (Å²) in [7, 11) is 0. The van der Waals surface area contributed by atoms with E-state index in [4.69, 9.17) is 0 Å². The Morgan fingerprint density at radius 3 is 2.71 bits per heavy atom. The molecule has 0 radical (unpaired) electrons. The molecule has 2 aromatic heterocycles. The fourth-order valence-corrected chi connectivity index (χ4v) is 3.29. The quantitative estimate of drug-likeness (QED) is 0.862. The van der Waals surface area contributed by atoms with Crippen LogP contribution < -0.4 is 0 Å². The highest BCUT2D eigenvalue weighted by Gasteiger charge is 2.36. The van der Waals surface area contributed by atoms with Crippen molar-refractivity contribution in [1.82, 2.24) is 29.4 Å². The average molecular weight is 336 g/mol. The summed E-state index contributed by atoms with van der Waals surface area (Å²) in [5.41, 5.74) is 0.299. The summed E-state index contributed by atoms with van der Waals surface area (Å²) in [5.74, 6) is 1.88. The molecule has 0 spiro atoms. The van der Waals surface area contributed by atoms with Crippen LogP contribution in [0.5, 0.6) is 0 Å². The molecule has 1 atom stereocenters. The SMILES string of the molecule is Cc1cc(C(=O)N2Cc3nnc(C4CC4)n3[C@@H](C)C2)nn1C(F)F. The molecule has 1 aliphatic carbocycles. The van der Waals surface area contributed by atoms with E-state index < -0.39 is 6.55 Å². The summed E-state index contributed by atoms with van der Waals surface area (Å²) in [4.78, 5) is 14.2. The molecule has 0 bridgehead atoms. The van der Waals surface area contributed by atoms with Crippen molar-refractivity contribution in [3.8, 4) is 0 Å². The largest absolute Gasteiger partial charge is 0.333 e. The topological polar surface area (TPSA) is 68.8 Å². The van der Waals surface area contributed by atoms with Gasteiger partial charge in [0.25, 0.3) is 5.91 Å². The second kappa shape index (κ2) is 5.35. The van der Waals surface area contributed by atoms with Crippen LogP contribution in [0.1, 0.15) is 66.1 Å². The van der Waals surface area contributed by atoms with E-state index in [1.54, 1.807) is 4.90 Å². The second-order valence-corrected chi connectivity index (χ2v) is 6.55. The Balaban J connectivity index is 1.59. The molecule has 1 amide bonds. The number of aryl methyl sites for hydroxylation is 1. The maximum absolute atomic E-state index is 12.8. The molecular formula is C15H18F2N6O. The van der Waals surface area contributed by atoms with Gasteiger partial charge in [-0.2, -0.15) is 13.9 Å². The van der Waals surface area contributed by atoms with E-state index >= 15 is 0 Å². The second-order valence-electron chi connectivity index (χ2n) is 6.55. The first-order valence-electron chi connectivity index (χ1n) is 8.03. The van der Waals surface area contributed by atoms with Crippen LogP contribution in [0, 0.1) is 6.92 Å². The van der Waals surface area contributed by atoms with E-state index in [0.29, 0.717) is 23.7 Å². The lowest BCUT2D eigenvalue weighted by atomic mass is 10.2. The molecule has 1 fully saturated rings. The lowest BCUT2D eigenvalue weighted by molar-refractivity contribution is 0.0524. The number of hydrogen-bond donors (Lipinski definition) is 0. The average Bonchev–Trinajstić information content (AvgIpc) is 3.16. The maximum Gasteiger partial charge on any atom is 0.333 e. The van der Waals surface area contributed by atoms with Crippen molar-refractivity contribution in [2.45, 2.75) is 51.7 Å². The van der Waals surface area contributed by atoms with Crippen LogP contribution in [0.3, 0.4) is 0 Å². The van der Waals surface area contributed by atoms with E-state index in [9.17, 15) is 13.6 Å². The minimum atomic E-state index is -2.75. The summed E-state index contributed by atoms with van der Waals surface area (Å²) in [6.07, 6.45) is 2.27. The van der Waals surface area contributed by atoms with Gasteiger partial charge in [-0.15, -0.1) is 10.2 Å². The van der Waals surface area contributed by atoms with Crippen LogP contribution in [0.2, 0.25) is 0 Å². The Labute approximate surface area is 137 Å². The van der Waals surface area contributed by atoms with Crippen LogP contribution in [0.4, 0.5) is 8.78 Å². The number of aromatic nitrogens is 5. The van der Waals surface area contributed by atoms with Crippen molar-refractivity contribution in [2.24, 2.45) is 0 Å². The number of carbonyl (C=O) groups is 1. The van der Waals surface area contributed by atoms with Crippen LogP contribution in [-0.2, 0) is 6.54 Å². The molecule has 1 aliphatic heterocycles. The molecule has 7 nitrogen and oxygen atoms in total. The van der Waals surface area contributed by atoms with Gasteiger partial charge < -0.3 is 9.47 Å². The van der Waals surface area contributed by atoms with Crippen LogP contribution >= 0.6 is 0 Å². The summed E-state index contributed by atoms with van der Waals surface area (Å²) in [6.45, 7) is 1.58. The van der Waals surface area contributed by atoms with Crippen LogP contribution in [0.25, 0.3) is 0 Å². The maximum atomic E-state index is 12.8. The van der Waals surface area contributed by atoms with Gasteiger partial charge in [-0.1, -0.05) is 0 Å². The highest BCUT2D eigenvalue weighted by atomic mass is 19.3. The predicted molar refractivity (Wildman–Crippen MR) is 79.7 cm³/mol. The van der Waals surface area contributed by atoms with Crippen molar-refractivity contribution in [3.63, 3.8) is 0 Å². The molecule has 9 heteroatoms. The van der Waals surface area contributed by atoms with E-state index in [1.807, 2.05) is 6.92 Å². The molecule has 24 heavy (non-hydrogen) atoms. The summed E-state index contributed by atoms with van der Waals surface area (Å²) in [6, 6.07) is 1.45.